The van der Waals surface area contributed by atoms with Gasteiger partial charge in [-0.2, -0.15) is 0 Å². The second kappa shape index (κ2) is 40.1. The van der Waals surface area contributed by atoms with Crippen LogP contribution in [0, 0.1) is 0 Å². The van der Waals surface area contributed by atoms with E-state index < -0.39 is 22.4 Å². The number of alkyl halides is 1. The first-order valence-electron chi connectivity index (χ1n) is 39.7. The lowest BCUT2D eigenvalue weighted by Crippen LogP contribution is -2.44. The zero-order valence-electron chi connectivity index (χ0n) is 70.9. The number of thiazole rings is 4. The molecule has 0 bridgehead atoms. The number of aromatic nitrogens is 4. The molecule has 124 heavy (non-hydrogen) atoms. The molecule has 0 fully saturated rings. The Bertz CT molecular complexity index is 5760. The van der Waals surface area contributed by atoms with Crippen LogP contribution in [0.2, 0.25) is 0 Å². The number of halogens is 2. The first kappa shape index (κ1) is 96.8. The molecule has 0 saturated carbocycles. The summed E-state index contributed by atoms with van der Waals surface area (Å²) in [5.41, 5.74) is 23.3. The predicted octanol–water partition coefficient (Wildman–Crippen LogP) is 25.2. The molecule has 23 nitrogen and oxygen atoms in total. The lowest BCUT2D eigenvalue weighted by atomic mass is 9.97. The molecular formula is C91H108Cl2N12O11S8. The Morgan fingerprint density at radius 2 is 0.742 bits per heavy atom. The monoisotopic (exact) mass is 1870 g/mol. The normalized spacial score (nSPS) is 16.0. The van der Waals surface area contributed by atoms with Crippen molar-refractivity contribution in [3.63, 3.8) is 0 Å². The Labute approximate surface area is 766 Å². The Kier molecular flexibility index (Phi) is 31.3. The van der Waals surface area contributed by atoms with Gasteiger partial charge < -0.3 is 60.6 Å². The molecule has 0 saturated heterocycles. The summed E-state index contributed by atoms with van der Waals surface area (Å²) in [5.74, 6) is -0.210. The highest BCUT2D eigenvalue weighted by molar-refractivity contribution is 7.24. The number of carbonyl (C=O) groups excluding carboxylic acids is 7. The van der Waals surface area contributed by atoms with Crippen LogP contribution in [0.3, 0.4) is 0 Å². The largest absolute Gasteiger partial charge is 0.444 e. The van der Waals surface area contributed by atoms with Crippen LogP contribution < -0.4 is 22.1 Å². The second-order valence-corrected chi connectivity index (χ2v) is 42.7. The summed E-state index contributed by atoms with van der Waals surface area (Å²) in [6.07, 6.45) is 4.46. The van der Waals surface area contributed by atoms with Crippen molar-refractivity contribution in [3.05, 3.63) is 164 Å². The number of ether oxygens (including phenoxy) is 4. The standard InChI is InChI=1S/2C23H25N3O3S2.2C20H23N3O2S2.C3H4Cl2O.2CH4/c1-6-18(27)25-21-19(20-24-15-9-7-8-10-16(15)30-20)14-11-13(2)26(12-17(14)31-21)22(28)29-23(3,4)5;1-6-17(27)25-21-18(20-24-15-9-7-8-10-16(15)30-20)14-11-12-26(13(2)19(14)31-21)22(28)29-23(3,4)5;1-11-9-12-15(10-23(11)19(24)25-20(2,3)4)26-17(21)16(12)18-22-13-7-5-6-8-14(13)27-18;1-11-16-12(9-10-23(11)19(24)25-20(2,3)4)15(17(21)27-16)18-22-13-7-5-6-8-14(13)26-18;4-2-1-3(5)6;;/h2*6-10,13H,1,11-12H2,2-5H3,(H,25,27);2*5-8,11H,9-10,21H2,1-4H3;1-2H2;2*1H4. The van der Waals surface area contributed by atoms with Crippen molar-refractivity contribution in [2.45, 2.75) is 217 Å². The van der Waals surface area contributed by atoms with Gasteiger partial charge in [0.1, 0.15) is 52.4 Å². The van der Waals surface area contributed by atoms with E-state index in [4.69, 9.17) is 73.6 Å². The summed E-state index contributed by atoms with van der Waals surface area (Å²) >= 11 is 22.6. The lowest BCUT2D eigenvalue weighted by Gasteiger charge is -2.35. The second-order valence-electron chi connectivity index (χ2n) is 33.4. The van der Waals surface area contributed by atoms with E-state index >= 15 is 0 Å². The number of para-hydroxylation sites is 4. The number of fused-ring (bicyclic) bond motifs is 8. The summed E-state index contributed by atoms with van der Waals surface area (Å²) in [7, 11) is 0. The number of nitrogens with zero attached hydrogens (tertiary/aromatic N) is 8. The van der Waals surface area contributed by atoms with Gasteiger partial charge in [-0.05, 0) is 231 Å². The van der Waals surface area contributed by atoms with E-state index in [0.29, 0.717) is 44.9 Å². The smallest absolute Gasteiger partial charge is 0.410 e. The topological polar surface area (TPSA) is 297 Å². The van der Waals surface area contributed by atoms with E-state index in [9.17, 15) is 33.6 Å². The molecule has 4 atom stereocenters. The van der Waals surface area contributed by atoms with Crippen LogP contribution >= 0.6 is 114 Å². The van der Waals surface area contributed by atoms with Crippen LogP contribution in [0.5, 0.6) is 0 Å². The summed E-state index contributed by atoms with van der Waals surface area (Å²) in [4.78, 5) is 115. The number of nitrogen functional groups attached to an aromatic ring is 2. The van der Waals surface area contributed by atoms with Crippen LogP contribution in [0.25, 0.3) is 83.2 Å². The van der Waals surface area contributed by atoms with Gasteiger partial charge in [-0.1, -0.05) is 76.5 Å². The Balaban J connectivity index is 0.000000168. The minimum Gasteiger partial charge on any atom is -0.444 e. The summed E-state index contributed by atoms with van der Waals surface area (Å²) < 4.78 is 26.9. The van der Waals surface area contributed by atoms with Crippen LogP contribution in [0.15, 0.2) is 122 Å². The van der Waals surface area contributed by atoms with Crippen molar-refractivity contribution in [2.75, 3.05) is 41.1 Å². The zero-order chi connectivity index (χ0) is 88.4. The summed E-state index contributed by atoms with van der Waals surface area (Å²) in [5, 5.41) is 12.2. The van der Waals surface area contributed by atoms with Crippen molar-refractivity contribution < 1.29 is 52.5 Å². The van der Waals surface area contributed by atoms with E-state index in [-0.39, 0.29) is 86.9 Å². The van der Waals surface area contributed by atoms with Crippen LogP contribution in [0.1, 0.15) is 186 Å². The lowest BCUT2D eigenvalue weighted by molar-refractivity contribution is -0.112. The molecule has 12 heterocycles. The number of hydrogen-bond donors (Lipinski definition) is 4. The number of amides is 6. The highest BCUT2D eigenvalue weighted by atomic mass is 35.5. The van der Waals surface area contributed by atoms with Crippen molar-refractivity contribution in [2.24, 2.45) is 0 Å². The summed E-state index contributed by atoms with van der Waals surface area (Å²) in [6, 6.07) is 32.1. The molecule has 16 rings (SSSR count). The first-order chi connectivity index (χ1) is 57.6. The SMILES string of the molecule is C.C.C=CC(=O)Nc1sc2c(c1-c1nc3ccccc3s1)CC(C)N(C(=O)OC(C)(C)C)C2.C=CC(=O)Nc1sc2c(c1-c1nc3ccccc3s1)CCN(C(=O)OC(C)(C)C)C2C.CC1Cc2c(sc(N)c2-c2nc3ccccc3s2)CN1C(=O)OC(C)(C)C.CC1c2sc(N)c(-c3nc4ccccc4s3)c2CCN1C(=O)OC(C)(C)C.O=C(Cl)CCCl. The number of anilines is 4. The van der Waals surface area contributed by atoms with Gasteiger partial charge in [0, 0.05) is 79.2 Å². The minimum absolute atomic E-state index is 0. The van der Waals surface area contributed by atoms with Crippen molar-refractivity contribution in [1.29, 1.82) is 0 Å². The maximum Gasteiger partial charge on any atom is 0.410 e. The van der Waals surface area contributed by atoms with E-state index in [2.05, 4.69) is 42.8 Å². The molecule has 0 aliphatic carbocycles. The van der Waals surface area contributed by atoms with Gasteiger partial charge in [-0.25, -0.2) is 39.1 Å². The van der Waals surface area contributed by atoms with Gasteiger partial charge in [-0.3, -0.25) is 14.4 Å². The number of rotatable bonds is 10. The number of carbonyl (C=O) groups is 7. The molecule has 0 radical (unpaired) electrons. The number of hydrogen-bond acceptors (Lipinski definition) is 25. The predicted molar refractivity (Wildman–Crippen MR) is 518 cm³/mol. The minimum atomic E-state index is -0.554. The Hall–Kier alpha value is -9.41. The number of thiophene rings is 4. The Morgan fingerprint density at radius 3 is 1.08 bits per heavy atom. The van der Waals surface area contributed by atoms with Crippen molar-refractivity contribution in [3.8, 4) is 42.3 Å². The molecule has 4 unspecified atom stereocenters. The zero-order valence-corrected chi connectivity index (χ0v) is 79.0. The maximum absolute atomic E-state index is 12.8. The number of nitrogens with one attached hydrogen (secondary N) is 2. The van der Waals surface area contributed by atoms with Crippen LogP contribution in [-0.2, 0) is 72.1 Å². The third-order valence-electron chi connectivity index (χ3n) is 19.6. The van der Waals surface area contributed by atoms with Gasteiger partial charge in [0.25, 0.3) is 0 Å². The number of nitrogens with two attached hydrogens (primary N) is 2. The van der Waals surface area contributed by atoms with Gasteiger partial charge in [0.2, 0.25) is 17.1 Å². The molecule has 660 valence electrons. The molecular weight excluding hydrogens is 1760 g/mol. The average molecular weight is 1870 g/mol. The van der Waals surface area contributed by atoms with Crippen molar-refractivity contribution in [1.82, 2.24) is 39.5 Å². The number of benzene rings is 4. The van der Waals surface area contributed by atoms with Gasteiger partial charge >= 0.3 is 24.4 Å². The molecule has 0 spiro atoms. The molecule has 4 aliphatic rings. The average Bonchev–Trinajstić information content (AvgIpc) is 1.60. The maximum atomic E-state index is 12.8. The van der Waals surface area contributed by atoms with E-state index in [1.807, 2.05) is 189 Å². The molecule has 6 amide bonds. The fourth-order valence-electron chi connectivity index (χ4n) is 14.1. The Morgan fingerprint density at radius 1 is 0.444 bits per heavy atom. The quantitative estimate of drug-likeness (QED) is 0.0428. The molecule has 6 N–H and O–H groups in total. The highest BCUT2D eigenvalue weighted by Gasteiger charge is 2.41. The highest BCUT2D eigenvalue weighted by Crippen LogP contribution is 2.53. The van der Waals surface area contributed by atoms with E-state index in [1.54, 1.807) is 87.6 Å². The van der Waals surface area contributed by atoms with Crippen LogP contribution in [-0.4, -0.2) is 134 Å². The third kappa shape index (κ3) is 22.9. The molecule has 8 aromatic heterocycles. The van der Waals surface area contributed by atoms with E-state index in [0.717, 1.165) is 147 Å². The summed E-state index contributed by atoms with van der Waals surface area (Å²) in [6.45, 7) is 39.9. The van der Waals surface area contributed by atoms with E-state index in [1.165, 1.54) is 46.0 Å². The third-order valence-corrected chi connectivity index (χ3v) is 28.9. The fourth-order valence-corrected chi connectivity index (χ4v) is 23.8. The first-order valence-corrected chi connectivity index (χ1v) is 47.2. The van der Waals surface area contributed by atoms with Crippen molar-refractivity contribution >= 4 is 216 Å². The van der Waals surface area contributed by atoms with Gasteiger partial charge in [0.15, 0.2) is 0 Å². The van der Waals surface area contributed by atoms with Gasteiger partial charge in [-0.15, -0.1) is 102 Å². The molecule has 12 aromatic rings. The molecule has 4 aromatic carbocycles. The fraction of sp³-hybridized carbons (Fsp3) is 0.396. The van der Waals surface area contributed by atoms with Gasteiger partial charge in [0.05, 0.1) is 76.0 Å². The molecule has 4 aliphatic heterocycles. The van der Waals surface area contributed by atoms with Crippen LogP contribution in [0.4, 0.5) is 39.2 Å². The molecule has 33 heteroatoms.